The van der Waals surface area contributed by atoms with Crippen LogP contribution in [0.15, 0.2) is 56.6 Å². The summed E-state index contributed by atoms with van der Waals surface area (Å²) in [6, 6.07) is 7.77. The molecule has 2 aliphatic rings. The number of furan rings is 1. The van der Waals surface area contributed by atoms with Crippen LogP contribution in [0, 0.1) is 6.92 Å². The van der Waals surface area contributed by atoms with Crippen molar-refractivity contribution in [2.75, 3.05) is 20.3 Å². The molecular formula is C23H25NO5S. The van der Waals surface area contributed by atoms with Crippen molar-refractivity contribution in [1.82, 2.24) is 5.32 Å². The highest BCUT2D eigenvalue weighted by molar-refractivity contribution is 7.10. The quantitative estimate of drug-likeness (QED) is 0.550. The molecule has 3 heterocycles. The number of carbonyl (C=O) groups excluding carboxylic acids is 2. The summed E-state index contributed by atoms with van der Waals surface area (Å²) in [6.07, 6.45) is 1.14. The van der Waals surface area contributed by atoms with Crippen LogP contribution in [-0.4, -0.2) is 32.1 Å². The minimum atomic E-state index is -0.568. The van der Waals surface area contributed by atoms with Crippen LogP contribution in [0.1, 0.15) is 48.0 Å². The Morgan fingerprint density at radius 1 is 1.23 bits per heavy atom. The van der Waals surface area contributed by atoms with Crippen LogP contribution in [0.4, 0.5) is 0 Å². The number of hydrogen-bond donors (Lipinski definition) is 1. The molecule has 0 unspecified atom stereocenters. The number of hydrogen-bond acceptors (Lipinski definition) is 7. The Bertz CT molecular complexity index is 1010. The van der Waals surface area contributed by atoms with Crippen molar-refractivity contribution in [3.63, 3.8) is 0 Å². The molecule has 7 heteroatoms. The van der Waals surface area contributed by atoms with Crippen LogP contribution in [0.5, 0.6) is 0 Å². The highest BCUT2D eigenvalue weighted by Gasteiger charge is 2.42. The van der Waals surface area contributed by atoms with Crippen LogP contribution in [0.3, 0.4) is 0 Å². The molecule has 6 nitrogen and oxygen atoms in total. The van der Waals surface area contributed by atoms with E-state index in [9.17, 15) is 9.59 Å². The van der Waals surface area contributed by atoms with Crippen LogP contribution in [0.25, 0.3) is 0 Å². The van der Waals surface area contributed by atoms with E-state index in [0.29, 0.717) is 35.6 Å². The van der Waals surface area contributed by atoms with E-state index in [2.05, 4.69) is 11.4 Å². The Hall–Kier alpha value is -2.64. The Morgan fingerprint density at radius 3 is 2.73 bits per heavy atom. The van der Waals surface area contributed by atoms with Gasteiger partial charge in [-0.15, -0.1) is 11.3 Å². The van der Waals surface area contributed by atoms with Crippen LogP contribution >= 0.6 is 11.3 Å². The monoisotopic (exact) mass is 427 g/mol. The third-order valence-electron chi connectivity index (χ3n) is 5.56. The second-order valence-corrected chi connectivity index (χ2v) is 8.59. The summed E-state index contributed by atoms with van der Waals surface area (Å²) in [4.78, 5) is 27.5. The zero-order valence-corrected chi connectivity index (χ0v) is 18.1. The molecule has 0 spiro atoms. The topological polar surface area (TPSA) is 77.8 Å². The number of nitrogens with one attached hydrogen (secondary N) is 1. The number of methoxy groups -OCH3 is 1. The normalized spacial score (nSPS) is 21.5. The van der Waals surface area contributed by atoms with E-state index in [1.54, 1.807) is 18.4 Å². The minimum absolute atomic E-state index is 0.0379. The smallest absolute Gasteiger partial charge is 0.336 e. The fourth-order valence-electron chi connectivity index (χ4n) is 4.22. The number of carbonyl (C=O) groups is 2. The first-order valence-corrected chi connectivity index (χ1v) is 10.9. The summed E-state index contributed by atoms with van der Waals surface area (Å²) >= 11 is 1.67. The van der Waals surface area contributed by atoms with E-state index in [1.165, 1.54) is 4.88 Å². The molecule has 1 aliphatic heterocycles. The Kier molecular flexibility index (Phi) is 5.92. The van der Waals surface area contributed by atoms with E-state index < -0.39 is 11.9 Å². The predicted molar refractivity (Wildman–Crippen MR) is 113 cm³/mol. The van der Waals surface area contributed by atoms with Gasteiger partial charge in [0.1, 0.15) is 18.1 Å². The van der Waals surface area contributed by atoms with Gasteiger partial charge in [0.05, 0.1) is 18.1 Å². The maximum atomic E-state index is 13.3. The van der Waals surface area contributed by atoms with Gasteiger partial charge in [-0.2, -0.15) is 0 Å². The summed E-state index contributed by atoms with van der Waals surface area (Å²) < 4.78 is 16.3. The van der Waals surface area contributed by atoms with Gasteiger partial charge in [0.2, 0.25) is 0 Å². The van der Waals surface area contributed by atoms with Crippen molar-refractivity contribution in [3.8, 4) is 0 Å². The number of esters is 1. The van der Waals surface area contributed by atoms with Gasteiger partial charge in [0.25, 0.3) is 0 Å². The lowest BCUT2D eigenvalue weighted by atomic mass is 9.74. The Morgan fingerprint density at radius 2 is 2.07 bits per heavy atom. The zero-order chi connectivity index (χ0) is 21.3. The second kappa shape index (κ2) is 8.62. The largest absolute Gasteiger partial charge is 0.465 e. The first-order chi connectivity index (χ1) is 14.5. The number of Topliss-reactive ketones (excluding diaryl/α,β-unsaturated/α-hetero) is 1. The van der Waals surface area contributed by atoms with E-state index in [0.717, 1.165) is 17.9 Å². The van der Waals surface area contributed by atoms with Crippen LogP contribution in [0.2, 0.25) is 0 Å². The number of ketones is 1. The summed E-state index contributed by atoms with van der Waals surface area (Å²) in [5.41, 5.74) is 2.59. The molecule has 0 fully saturated rings. The SMILES string of the molecule is COCCOC(=O)C1=C(C)NC2=C(C(=O)C[C@H](c3cccs3)C2)[C@H]1c1ccc(C)o1. The van der Waals surface area contributed by atoms with Crippen molar-refractivity contribution >= 4 is 23.1 Å². The highest BCUT2D eigenvalue weighted by Crippen LogP contribution is 2.46. The fraction of sp³-hybridized carbons (Fsp3) is 0.391. The molecule has 1 N–H and O–H groups in total. The summed E-state index contributed by atoms with van der Waals surface area (Å²) in [7, 11) is 1.55. The molecule has 30 heavy (non-hydrogen) atoms. The third-order valence-corrected chi connectivity index (χ3v) is 6.59. The maximum absolute atomic E-state index is 13.3. The van der Waals surface area contributed by atoms with Gasteiger partial charge >= 0.3 is 5.97 Å². The summed E-state index contributed by atoms with van der Waals surface area (Å²) in [5, 5.41) is 5.37. The number of allylic oxidation sites excluding steroid dienone is 3. The molecule has 2 aromatic rings. The molecular weight excluding hydrogens is 402 g/mol. The number of thiophene rings is 1. The van der Waals surface area contributed by atoms with Gasteiger partial charge in [-0.25, -0.2) is 4.79 Å². The molecule has 0 radical (unpaired) electrons. The van der Waals surface area contributed by atoms with Crippen LogP contribution < -0.4 is 5.32 Å². The number of ether oxygens (including phenoxy) is 2. The minimum Gasteiger partial charge on any atom is -0.465 e. The first-order valence-electron chi connectivity index (χ1n) is 9.99. The van der Waals surface area contributed by atoms with Crippen molar-refractivity contribution in [1.29, 1.82) is 0 Å². The van der Waals surface area contributed by atoms with E-state index >= 15 is 0 Å². The third kappa shape index (κ3) is 3.87. The molecule has 0 bridgehead atoms. The van der Waals surface area contributed by atoms with Gasteiger partial charge < -0.3 is 19.2 Å². The van der Waals surface area contributed by atoms with E-state index in [4.69, 9.17) is 13.9 Å². The Balaban J connectivity index is 1.73. The Labute approximate surface area is 179 Å². The average Bonchev–Trinajstić information content (AvgIpc) is 3.38. The molecule has 1 aliphatic carbocycles. The van der Waals surface area contributed by atoms with Gasteiger partial charge in [-0.1, -0.05) is 6.07 Å². The van der Waals surface area contributed by atoms with Crippen molar-refractivity contribution in [2.24, 2.45) is 0 Å². The van der Waals surface area contributed by atoms with Crippen LogP contribution in [-0.2, 0) is 19.1 Å². The first kappa shape index (κ1) is 20.6. The van der Waals surface area contributed by atoms with Crippen molar-refractivity contribution in [3.05, 3.63) is 68.6 Å². The maximum Gasteiger partial charge on any atom is 0.336 e. The fourth-order valence-corrected chi connectivity index (χ4v) is 5.05. The number of aryl methyl sites for hydroxylation is 1. The van der Waals surface area contributed by atoms with Gasteiger partial charge in [0.15, 0.2) is 5.78 Å². The van der Waals surface area contributed by atoms with Crippen molar-refractivity contribution in [2.45, 2.75) is 38.5 Å². The highest BCUT2D eigenvalue weighted by atomic mass is 32.1. The summed E-state index contributed by atoms with van der Waals surface area (Å²) in [5.74, 6) is 0.469. The molecule has 2 aromatic heterocycles. The second-order valence-electron chi connectivity index (χ2n) is 7.61. The molecule has 0 saturated carbocycles. The van der Waals surface area contributed by atoms with Gasteiger partial charge in [0, 0.05) is 41.3 Å². The summed E-state index contributed by atoms with van der Waals surface area (Å²) in [6.45, 7) is 4.16. The lowest BCUT2D eigenvalue weighted by molar-refractivity contribution is -0.140. The zero-order valence-electron chi connectivity index (χ0n) is 17.3. The van der Waals surface area contributed by atoms with E-state index in [-0.39, 0.29) is 18.3 Å². The van der Waals surface area contributed by atoms with Gasteiger partial charge in [-0.05, 0) is 43.8 Å². The molecule has 0 saturated heterocycles. The molecule has 4 rings (SSSR count). The number of rotatable bonds is 6. The molecule has 0 amide bonds. The van der Waals surface area contributed by atoms with Crippen molar-refractivity contribution < 1.29 is 23.5 Å². The molecule has 2 atom stereocenters. The lowest BCUT2D eigenvalue weighted by Crippen LogP contribution is -2.36. The lowest BCUT2D eigenvalue weighted by Gasteiger charge is -2.35. The standard InChI is InChI=1S/C23H25NO5S/c1-13-6-7-18(29-13)22-20(23(26)28-9-8-27-3)14(2)24-16-11-15(12-17(25)21(16)22)19-5-4-10-30-19/h4-7,10,15,22,24H,8-9,11-12H2,1-3H3/t15-,22+/m1/s1. The van der Waals surface area contributed by atoms with E-state index in [1.807, 2.05) is 37.4 Å². The average molecular weight is 428 g/mol. The number of dihydropyridines is 1. The molecule has 0 aromatic carbocycles. The molecule has 158 valence electrons. The predicted octanol–water partition coefficient (Wildman–Crippen LogP) is 4.20. The van der Waals surface area contributed by atoms with Gasteiger partial charge in [-0.3, -0.25) is 4.79 Å².